The van der Waals surface area contributed by atoms with Crippen LogP contribution in [0.1, 0.15) is 117 Å². The molecule has 0 heterocycles. The molecule has 0 aromatic carbocycles. The van der Waals surface area contributed by atoms with Crippen molar-refractivity contribution >= 4 is 11.9 Å². The van der Waals surface area contributed by atoms with Gasteiger partial charge >= 0.3 is 11.9 Å². The maximum absolute atomic E-state index is 13.6. The number of carbonyl (C=O) groups is 2. The van der Waals surface area contributed by atoms with E-state index in [0.29, 0.717) is 0 Å². The highest BCUT2D eigenvalue weighted by Crippen LogP contribution is 2.62. The number of ether oxygens (including phenoxy) is 2. The molecule has 9 aliphatic rings. The molecule has 4 heteroatoms. The largest absolute Gasteiger partial charge is 0.459 e. The minimum Gasteiger partial charge on any atom is -0.459 e. The van der Waals surface area contributed by atoms with E-state index in [1.165, 1.54) is 38.5 Å². The SMILES string of the molecule is CC1(OC(=O)C23CC4CC(CC(C4)C2)C3)CCC(C)(OC(=O)C23CC4CC(CC(C4)C2)C3)CC1. The maximum Gasteiger partial charge on any atom is 0.312 e. The van der Waals surface area contributed by atoms with Crippen molar-refractivity contribution in [3.63, 3.8) is 0 Å². The zero-order chi connectivity index (χ0) is 23.3. The van der Waals surface area contributed by atoms with E-state index in [2.05, 4.69) is 13.8 Å². The second kappa shape index (κ2) is 7.25. The monoisotopic (exact) mass is 468 g/mol. The Hall–Kier alpha value is -1.06. The van der Waals surface area contributed by atoms with Gasteiger partial charge in [0.1, 0.15) is 11.2 Å². The summed E-state index contributed by atoms with van der Waals surface area (Å²) in [5, 5.41) is 0. The number of esters is 2. The minimum atomic E-state index is -0.410. The van der Waals surface area contributed by atoms with Crippen molar-refractivity contribution in [3.8, 4) is 0 Å². The minimum absolute atomic E-state index is 0.100. The zero-order valence-electron chi connectivity index (χ0n) is 21.4. The van der Waals surface area contributed by atoms with Gasteiger partial charge < -0.3 is 9.47 Å². The van der Waals surface area contributed by atoms with Crippen molar-refractivity contribution in [2.75, 3.05) is 0 Å². The summed E-state index contributed by atoms with van der Waals surface area (Å²) in [4.78, 5) is 27.1. The summed E-state index contributed by atoms with van der Waals surface area (Å²) in [6.07, 6.45) is 17.7. The molecule has 0 radical (unpaired) electrons. The first-order valence-electron chi connectivity index (χ1n) is 14.6. The Kier molecular flexibility index (Phi) is 4.73. The van der Waals surface area contributed by atoms with Gasteiger partial charge in [0.25, 0.3) is 0 Å². The molecule has 0 aromatic heterocycles. The molecule has 9 aliphatic carbocycles. The van der Waals surface area contributed by atoms with Gasteiger partial charge in [0.2, 0.25) is 0 Å². The maximum atomic E-state index is 13.6. The third-order valence-electron chi connectivity index (χ3n) is 12.0. The Bertz CT molecular complexity index is 736. The van der Waals surface area contributed by atoms with Gasteiger partial charge in [-0.15, -0.1) is 0 Å². The fourth-order valence-electron chi connectivity index (χ4n) is 10.9. The Morgan fingerprint density at radius 1 is 0.500 bits per heavy atom. The number of carbonyl (C=O) groups excluding carboxylic acids is 2. The summed E-state index contributed by atoms with van der Waals surface area (Å²) < 4.78 is 12.8. The Morgan fingerprint density at radius 3 is 0.971 bits per heavy atom. The number of hydrogen-bond donors (Lipinski definition) is 0. The molecule has 0 unspecified atom stereocenters. The van der Waals surface area contributed by atoms with E-state index in [0.717, 1.165) is 99.7 Å². The molecule has 0 aromatic rings. The lowest BCUT2D eigenvalue weighted by molar-refractivity contribution is -0.203. The van der Waals surface area contributed by atoms with Crippen LogP contribution in [0.25, 0.3) is 0 Å². The summed E-state index contributed by atoms with van der Waals surface area (Å²) in [5.74, 6) is 4.73. The van der Waals surface area contributed by atoms with E-state index in [1.807, 2.05) is 0 Å². The average molecular weight is 469 g/mol. The molecule has 9 saturated carbocycles. The van der Waals surface area contributed by atoms with Crippen LogP contribution >= 0.6 is 0 Å². The predicted octanol–water partition coefficient (Wildman–Crippen LogP) is 6.60. The van der Waals surface area contributed by atoms with Crippen LogP contribution in [-0.2, 0) is 19.1 Å². The second-order valence-electron chi connectivity index (χ2n) is 15.1. The van der Waals surface area contributed by atoms with Crippen LogP contribution in [0.4, 0.5) is 0 Å². The Morgan fingerprint density at radius 2 is 0.735 bits per heavy atom. The molecule has 188 valence electrons. The van der Waals surface area contributed by atoms with Crippen LogP contribution in [0.15, 0.2) is 0 Å². The van der Waals surface area contributed by atoms with Crippen molar-refractivity contribution in [2.24, 2.45) is 46.3 Å². The van der Waals surface area contributed by atoms with Gasteiger partial charge in [-0.1, -0.05) is 0 Å². The van der Waals surface area contributed by atoms with Crippen LogP contribution in [0.2, 0.25) is 0 Å². The molecule has 8 bridgehead atoms. The quantitative estimate of drug-likeness (QED) is 0.436. The van der Waals surface area contributed by atoms with E-state index in [-0.39, 0.29) is 22.8 Å². The van der Waals surface area contributed by atoms with Crippen molar-refractivity contribution in [1.82, 2.24) is 0 Å². The molecule has 9 rings (SSSR count). The summed E-state index contributed by atoms with van der Waals surface area (Å²) >= 11 is 0. The first-order valence-corrected chi connectivity index (χ1v) is 14.6. The standard InChI is InChI=1S/C30H44O4/c1-27(33-25(31)29-13-19-7-20(14-29)9-21(8-19)15-29)3-5-28(2,6-4-27)34-26(32)30-16-22-10-23(17-30)12-24(11-22)18-30/h19-24H,3-18H2,1-2H3. The van der Waals surface area contributed by atoms with Crippen LogP contribution in [0.5, 0.6) is 0 Å². The molecule has 0 saturated heterocycles. The van der Waals surface area contributed by atoms with Crippen LogP contribution < -0.4 is 0 Å². The molecule has 4 nitrogen and oxygen atoms in total. The topological polar surface area (TPSA) is 52.6 Å². The van der Waals surface area contributed by atoms with E-state index >= 15 is 0 Å². The third kappa shape index (κ3) is 3.51. The highest BCUT2D eigenvalue weighted by molar-refractivity contribution is 5.78. The molecular weight excluding hydrogens is 424 g/mol. The van der Waals surface area contributed by atoms with Crippen molar-refractivity contribution < 1.29 is 19.1 Å². The molecule has 0 N–H and O–H groups in total. The van der Waals surface area contributed by atoms with Crippen LogP contribution in [0.3, 0.4) is 0 Å². The highest BCUT2D eigenvalue weighted by atomic mass is 16.6. The van der Waals surface area contributed by atoms with Crippen LogP contribution in [0, 0.1) is 46.3 Å². The van der Waals surface area contributed by atoms with Gasteiger partial charge in [-0.05, 0) is 152 Å². The molecular formula is C30H44O4. The summed E-state index contributed by atoms with van der Waals surface area (Å²) in [7, 11) is 0. The van der Waals surface area contributed by atoms with Gasteiger partial charge in [-0.2, -0.15) is 0 Å². The first kappa shape index (κ1) is 22.2. The van der Waals surface area contributed by atoms with E-state index < -0.39 is 11.2 Å². The van der Waals surface area contributed by atoms with Gasteiger partial charge in [0, 0.05) is 0 Å². The summed E-state index contributed by atoms with van der Waals surface area (Å²) in [6.45, 7) is 4.26. The number of rotatable bonds is 4. The van der Waals surface area contributed by atoms with E-state index in [9.17, 15) is 9.59 Å². The lowest BCUT2D eigenvalue weighted by atomic mass is 9.49. The third-order valence-corrected chi connectivity index (χ3v) is 12.0. The molecule has 0 amide bonds. The molecule has 0 atom stereocenters. The molecule has 9 fully saturated rings. The number of hydrogen-bond acceptors (Lipinski definition) is 4. The lowest BCUT2D eigenvalue weighted by Crippen LogP contribution is -2.54. The fraction of sp³-hybridized carbons (Fsp3) is 0.933. The average Bonchev–Trinajstić information content (AvgIpc) is 2.74. The second-order valence-corrected chi connectivity index (χ2v) is 15.1. The molecule has 0 aliphatic heterocycles. The normalized spacial score (nSPS) is 54.8. The predicted molar refractivity (Wildman–Crippen MR) is 129 cm³/mol. The highest BCUT2D eigenvalue weighted by Gasteiger charge is 2.58. The van der Waals surface area contributed by atoms with Crippen molar-refractivity contribution in [3.05, 3.63) is 0 Å². The van der Waals surface area contributed by atoms with E-state index in [1.54, 1.807) is 0 Å². The first-order chi connectivity index (χ1) is 16.1. The Balaban J connectivity index is 0.987. The Labute approximate surface area is 205 Å². The molecule has 34 heavy (non-hydrogen) atoms. The van der Waals surface area contributed by atoms with Crippen molar-refractivity contribution in [2.45, 2.75) is 128 Å². The van der Waals surface area contributed by atoms with Gasteiger partial charge in [-0.3, -0.25) is 9.59 Å². The van der Waals surface area contributed by atoms with Crippen molar-refractivity contribution in [1.29, 1.82) is 0 Å². The smallest absolute Gasteiger partial charge is 0.312 e. The van der Waals surface area contributed by atoms with Gasteiger partial charge in [0.15, 0.2) is 0 Å². The lowest BCUT2D eigenvalue weighted by Gasteiger charge is -2.56. The van der Waals surface area contributed by atoms with Gasteiger partial charge in [-0.25, -0.2) is 0 Å². The van der Waals surface area contributed by atoms with Gasteiger partial charge in [0.05, 0.1) is 10.8 Å². The summed E-state index contributed by atoms with van der Waals surface area (Å²) in [5.41, 5.74) is -1.20. The fourth-order valence-corrected chi connectivity index (χ4v) is 10.9. The zero-order valence-corrected chi connectivity index (χ0v) is 21.4. The molecule has 0 spiro atoms. The summed E-state index contributed by atoms with van der Waals surface area (Å²) in [6, 6.07) is 0. The van der Waals surface area contributed by atoms with E-state index in [4.69, 9.17) is 9.47 Å². The van der Waals surface area contributed by atoms with Crippen LogP contribution in [-0.4, -0.2) is 23.1 Å².